The molecule has 1 aliphatic rings. The van der Waals surface area contributed by atoms with Gasteiger partial charge in [-0.25, -0.2) is 0 Å². The monoisotopic (exact) mass is 241 g/mol. The van der Waals surface area contributed by atoms with Gasteiger partial charge in [-0.3, -0.25) is 0 Å². The van der Waals surface area contributed by atoms with Gasteiger partial charge in [-0.15, -0.1) is 5.10 Å². The van der Waals surface area contributed by atoms with Gasteiger partial charge >= 0.3 is 0 Å². The van der Waals surface area contributed by atoms with Crippen LogP contribution < -0.4 is 4.90 Å². The number of hydrogen-bond acceptors (Lipinski definition) is 4. The Labute approximate surface area is 100 Å². The maximum absolute atomic E-state index is 8.89. The first-order valence-corrected chi connectivity index (χ1v) is 6.02. The average molecular weight is 242 g/mol. The second kappa shape index (κ2) is 5.46. The van der Waals surface area contributed by atoms with Crippen molar-refractivity contribution in [3.63, 3.8) is 0 Å². The average Bonchev–Trinajstić information content (AvgIpc) is 2.31. The Hall–Kier alpha value is -0.870. The van der Waals surface area contributed by atoms with Crippen LogP contribution in [0.15, 0.2) is 12.3 Å². The first-order chi connectivity index (χ1) is 7.81. The Morgan fingerprint density at radius 3 is 2.81 bits per heavy atom. The van der Waals surface area contributed by atoms with Crippen molar-refractivity contribution in [1.82, 2.24) is 10.2 Å². The van der Waals surface area contributed by atoms with Crippen molar-refractivity contribution in [3.05, 3.63) is 17.4 Å². The van der Waals surface area contributed by atoms with E-state index in [0.29, 0.717) is 17.7 Å². The van der Waals surface area contributed by atoms with E-state index in [1.807, 2.05) is 6.07 Å². The van der Waals surface area contributed by atoms with Crippen LogP contribution >= 0.6 is 11.6 Å². The molecule has 1 aromatic rings. The van der Waals surface area contributed by atoms with Crippen LogP contribution in [0.2, 0.25) is 5.15 Å². The Bertz CT molecular complexity index is 340. The van der Waals surface area contributed by atoms with Gasteiger partial charge in [0, 0.05) is 19.7 Å². The third-order valence-corrected chi connectivity index (χ3v) is 3.42. The molecule has 0 spiro atoms. The summed E-state index contributed by atoms with van der Waals surface area (Å²) in [7, 11) is 0. The van der Waals surface area contributed by atoms with Gasteiger partial charge in [0.2, 0.25) is 0 Å². The van der Waals surface area contributed by atoms with E-state index in [1.165, 1.54) is 0 Å². The summed E-state index contributed by atoms with van der Waals surface area (Å²) < 4.78 is 0. The molecule has 1 N–H and O–H groups in total. The number of aliphatic hydroxyl groups is 1. The molecule has 0 aliphatic carbocycles. The van der Waals surface area contributed by atoms with E-state index in [-0.39, 0.29) is 0 Å². The Morgan fingerprint density at radius 2 is 2.19 bits per heavy atom. The molecule has 1 fully saturated rings. The Kier molecular flexibility index (Phi) is 3.96. The topological polar surface area (TPSA) is 49.2 Å². The van der Waals surface area contributed by atoms with E-state index in [1.54, 1.807) is 6.20 Å². The van der Waals surface area contributed by atoms with Crippen LogP contribution in [0.1, 0.15) is 19.3 Å². The van der Waals surface area contributed by atoms with Gasteiger partial charge in [0.15, 0.2) is 5.15 Å². The number of halogens is 1. The fourth-order valence-electron chi connectivity index (χ4n) is 2.19. The van der Waals surface area contributed by atoms with Gasteiger partial charge in [0.05, 0.1) is 11.9 Å². The maximum atomic E-state index is 8.89. The van der Waals surface area contributed by atoms with Crippen LogP contribution in [-0.4, -0.2) is 35.0 Å². The number of aromatic nitrogens is 2. The highest BCUT2D eigenvalue weighted by atomic mass is 35.5. The first-order valence-electron chi connectivity index (χ1n) is 5.64. The van der Waals surface area contributed by atoms with Crippen LogP contribution in [0.4, 0.5) is 5.69 Å². The van der Waals surface area contributed by atoms with Crippen molar-refractivity contribution in [2.75, 3.05) is 24.6 Å². The lowest BCUT2D eigenvalue weighted by Gasteiger charge is -2.33. The molecule has 1 aromatic heterocycles. The molecule has 1 saturated heterocycles. The van der Waals surface area contributed by atoms with E-state index in [2.05, 4.69) is 15.1 Å². The predicted octanol–water partition coefficient (Wildman–Crippen LogP) is 1.73. The molecule has 1 aliphatic heterocycles. The second-order valence-corrected chi connectivity index (χ2v) is 4.51. The molecule has 4 nitrogen and oxygen atoms in total. The highest BCUT2D eigenvalue weighted by Gasteiger charge is 2.20. The summed E-state index contributed by atoms with van der Waals surface area (Å²) in [5, 5.41) is 17.0. The van der Waals surface area contributed by atoms with E-state index in [4.69, 9.17) is 16.7 Å². The summed E-state index contributed by atoms with van der Waals surface area (Å²) in [6, 6.07) is 1.90. The molecular formula is C11H16ClN3O. The number of rotatable bonds is 3. The lowest BCUT2D eigenvalue weighted by atomic mass is 9.94. The third kappa shape index (κ3) is 2.62. The molecular weight excluding hydrogens is 226 g/mol. The minimum atomic E-state index is 0.294. The lowest BCUT2D eigenvalue weighted by molar-refractivity contribution is 0.240. The number of nitrogens with zero attached hydrogens (tertiary/aromatic N) is 3. The highest BCUT2D eigenvalue weighted by molar-refractivity contribution is 6.31. The van der Waals surface area contributed by atoms with Gasteiger partial charge in [-0.05, 0) is 31.2 Å². The van der Waals surface area contributed by atoms with Crippen molar-refractivity contribution in [2.45, 2.75) is 19.3 Å². The molecule has 0 bridgehead atoms. The van der Waals surface area contributed by atoms with Crippen LogP contribution in [0.25, 0.3) is 0 Å². The quantitative estimate of drug-likeness (QED) is 0.876. The van der Waals surface area contributed by atoms with Gasteiger partial charge in [0.1, 0.15) is 0 Å². The molecule has 0 saturated carbocycles. The third-order valence-electron chi connectivity index (χ3n) is 3.15. The van der Waals surface area contributed by atoms with Gasteiger partial charge < -0.3 is 10.0 Å². The van der Waals surface area contributed by atoms with Crippen molar-refractivity contribution in [3.8, 4) is 0 Å². The number of anilines is 1. The lowest BCUT2D eigenvalue weighted by Crippen LogP contribution is -2.34. The van der Waals surface area contributed by atoms with Gasteiger partial charge in [-0.1, -0.05) is 11.6 Å². The molecule has 0 atom stereocenters. The van der Waals surface area contributed by atoms with Crippen molar-refractivity contribution >= 4 is 17.3 Å². The smallest absolute Gasteiger partial charge is 0.174 e. The Balaban J connectivity index is 1.96. The molecule has 0 radical (unpaired) electrons. The van der Waals surface area contributed by atoms with Crippen LogP contribution in [0.5, 0.6) is 0 Å². The highest BCUT2D eigenvalue weighted by Crippen LogP contribution is 2.28. The van der Waals surface area contributed by atoms with Crippen molar-refractivity contribution < 1.29 is 5.11 Å². The largest absolute Gasteiger partial charge is 0.396 e. The zero-order chi connectivity index (χ0) is 11.4. The summed E-state index contributed by atoms with van der Waals surface area (Å²) in [5.74, 6) is 0.648. The summed E-state index contributed by atoms with van der Waals surface area (Å²) in [6.45, 7) is 2.26. The summed E-state index contributed by atoms with van der Waals surface area (Å²) in [4.78, 5) is 2.24. The fraction of sp³-hybridized carbons (Fsp3) is 0.636. The van der Waals surface area contributed by atoms with Gasteiger partial charge in [-0.2, -0.15) is 5.10 Å². The minimum absolute atomic E-state index is 0.294. The van der Waals surface area contributed by atoms with Crippen LogP contribution in [0.3, 0.4) is 0 Å². The first kappa shape index (κ1) is 11.6. The fourth-order valence-corrected chi connectivity index (χ4v) is 2.42. The van der Waals surface area contributed by atoms with Crippen LogP contribution in [0, 0.1) is 5.92 Å². The second-order valence-electron chi connectivity index (χ2n) is 4.15. The summed E-state index contributed by atoms with van der Waals surface area (Å²) >= 11 is 6.00. The molecule has 0 amide bonds. The van der Waals surface area contributed by atoms with Crippen molar-refractivity contribution in [2.24, 2.45) is 5.92 Å². The molecule has 2 rings (SSSR count). The Morgan fingerprint density at radius 1 is 1.44 bits per heavy atom. The molecule has 5 heteroatoms. The van der Waals surface area contributed by atoms with Crippen LogP contribution in [-0.2, 0) is 0 Å². The SMILES string of the molecule is OCCC1CCN(c2ccnnc2Cl)CC1. The molecule has 0 unspecified atom stereocenters. The maximum Gasteiger partial charge on any atom is 0.174 e. The molecule has 2 heterocycles. The summed E-state index contributed by atoms with van der Waals surface area (Å²) in [6.07, 6.45) is 4.80. The zero-order valence-corrected chi connectivity index (χ0v) is 9.90. The molecule has 16 heavy (non-hydrogen) atoms. The standard InChI is InChI=1S/C11H16ClN3O/c12-11-10(1-5-13-14-11)15-6-2-9(3-7-15)4-8-16/h1,5,9,16H,2-4,6-8H2. The van der Waals surface area contributed by atoms with E-state index in [0.717, 1.165) is 38.0 Å². The number of hydrogen-bond donors (Lipinski definition) is 1. The number of aliphatic hydroxyl groups excluding tert-OH is 1. The van der Waals surface area contributed by atoms with E-state index >= 15 is 0 Å². The minimum Gasteiger partial charge on any atom is -0.396 e. The van der Waals surface area contributed by atoms with Crippen molar-refractivity contribution in [1.29, 1.82) is 0 Å². The van der Waals surface area contributed by atoms with Gasteiger partial charge in [0.25, 0.3) is 0 Å². The van der Waals surface area contributed by atoms with E-state index < -0.39 is 0 Å². The summed E-state index contributed by atoms with van der Waals surface area (Å²) in [5.41, 5.74) is 0.971. The normalized spacial score (nSPS) is 17.8. The predicted molar refractivity (Wildman–Crippen MR) is 63.7 cm³/mol. The zero-order valence-electron chi connectivity index (χ0n) is 9.14. The molecule has 0 aromatic carbocycles. The number of piperidine rings is 1. The molecule has 88 valence electrons. The van der Waals surface area contributed by atoms with E-state index in [9.17, 15) is 0 Å².